The van der Waals surface area contributed by atoms with Crippen LogP contribution in [0.3, 0.4) is 0 Å². The van der Waals surface area contributed by atoms with Crippen molar-refractivity contribution in [1.82, 2.24) is 10.3 Å². The van der Waals surface area contributed by atoms with E-state index in [4.69, 9.17) is 4.74 Å². The van der Waals surface area contributed by atoms with Crippen LogP contribution in [0.1, 0.15) is 25.1 Å². The lowest BCUT2D eigenvalue weighted by molar-refractivity contribution is 0.127. The average molecular weight is 208 g/mol. The Kier molecular flexibility index (Phi) is 5.29. The number of nitrogens with zero attached hydrogens (tertiary/aromatic N) is 1. The smallest absolute Gasteiger partial charge is 0.0616 e. The van der Waals surface area contributed by atoms with E-state index in [0.29, 0.717) is 6.04 Å². The quantitative estimate of drug-likeness (QED) is 0.775. The Bertz CT molecular complexity index is 289. The monoisotopic (exact) mass is 208 g/mol. The van der Waals surface area contributed by atoms with E-state index in [2.05, 4.69) is 30.2 Å². The third kappa shape index (κ3) is 4.40. The van der Waals surface area contributed by atoms with Crippen LogP contribution >= 0.6 is 0 Å². The molecule has 0 saturated carbocycles. The fourth-order valence-corrected chi connectivity index (χ4v) is 1.33. The Morgan fingerprint density at radius 3 is 3.00 bits per heavy atom. The van der Waals surface area contributed by atoms with Crippen LogP contribution in [0.2, 0.25) is 0 Å². The lowest BCUT2D eigenvalue weighted by Gasteiger charge is -2.13. The molecule has 84 valence electrons. The second kappa shape index (κ2) is 6.53. The van der Waals surface area contributed by atoms with Gasteiger partial charge in [-0.05, 0) is 32.4 Å². The Balaban J connectivity index is 2.33. The molecule has 1 heterocycles. The van der Waals surface area contributed by atoms with Gasteiger partial charge >= 0.3 is 0 Å². The summed E-state index contributed by atoms with van der Waals surface area (Å²) in [4.78, 5) is 4.33. The summed E-state index contributed by atoms with van der Waals surface area (Å²) in [5.74, 6) is 0. The van der Waals surface area contributed by atoms with Crippen molar-refractivity contribution in [3.8, 4) is 0 Å². The maximum absolute atomic E-state index is 5.33. The number of nitrogens with one attached hydrogen (secondary N) is 1. The molecule has 0 fully saturated rings. The molecule has 15 heavy (non-hydrogen) atoms. The zero-order valence-corrected chi connectivity index (χ0v) is 9.79. The molecule has 0 radical (unpaired) electrons. The van der Waals surface area contributed by atoms with E-state index in [9.17, 15) is 0 Å². The fourth-order valence-electron chi connectivity index (χ4n) is 1.33. The highest BCUT2D eigenvalue weighted by Crippen LogP contribution is 2.02. The van der Waals surface area contributed by atoms with Crippen LogP contribution in [0.4, 0.5) is 0 Å². The van der Waals surface area contributed by atoms with Gasteiger partial charge in [0, 0.05) is 25.4 Å². The molecule has 1 atom stereocenters. The van der Waals surface area contributed by atoms with Gasteiger partial charge in [-0.15, -0.1) is 0 Å². The Morgan fingerprint density at radius 2 is 2.33 bits per heavy atom. The topological polar surface area (TPSA) is 34.1 Å². The molecule has 0 aliphatic heterocycles. The minimum atomic E-state index is 0.367. The molecule has 3 nitrogen and oxygen atoms in total. The van der Waals surface area contributed by atoms with Crippen LogP contribution in [0, 0.1) is 6.92 Å². The van der Waals surface area contributed by atoms with Crippen molar-refractivity contribution in [3.05, 3.63) is 29.6 Å². The lowest BCUT2D eigenvalue weighted by Crippen LogP contribution is -2.30. The van der Waals surface area contributed by atoms with Crippen LogP contribution in [-0.2, 0) is 11.3 Å². The van der Waals surface area contributed by atoms with Gasteiger partial charge in [-0.3, -0.25) is 4.98 Å². The maximum atomic E-state index is 5.33. The minimum absolute atomic E-state index is 0.367. The van der Waals surface area contributed by atoms with Crippen LogP contribution in [0.25, 0.3) is 0 Å². The van der Waals surface area contributed by atoms with Gasteiger partial charge in [-0.1, -0.05) is 6.07 Å². The normalized spacial score (nSPS) is 12.7. The molecule has 0 amide bonds. The summed E-state index contributed by atoms with van der Waals surface area (Å²) in [5, 5.41) is 3.39. The van der Waals surface area contributed by atoms with E-state index < -0.39 is 0 Å². The number of aromatic nitrogens is 1. The van der Waals surface area contributed by atoms with Gasteiger partial charge in [0.05, 0.1) is 12.3 Å². The molecular formula is C12H20N2O. The summed E-state index contributed by atoms with van der Waals surface area (Å²) in [6.45, 7) is 8.54. The first-order chi connectivity index (χ1) is 7.24. The molecule has 0 saturated heterocycles. The second-order valence-corrected chi connectivity index (χ2v) is 3.71. The Morgan fingerprint density at radius 1 is 1.53 bits per heavy atom. The highest BCUT2D eigenvalue weighted by molar-refractivity contribution is 5.17. The molecule has 0 aliphatic rings. The highest BCUT2D eigenvalue weighted by atomic mass is 16.5. The van der Waals surface area contributed by atoms with Crippen LogP contribution in [0.15, 0.2) is 18.3 Å². The molecule has 0 aromatic carbocycles. The van der Waals surface area contributed by atoms with E-state index in [1.807, 2.05) is 19.2 Å². The summed E-state index contributed by atoms with van der Waals surface area (Å²) in [7, 11) is 0. The van der Waals surface area contributed by atoms with Crippen molar-refractivity contribution in [3.63, 3.8) is 0 Å². The number of rotatable bonds is 6. The van der Waals surface area contributed by atoms with Crippen molar-refractivity contribution in [1.29, 1.82) is 0 Å². The Hall–Kier alpha value is -0.930. The molecule has 1 rings (SSSR count). The van der Waals surface area contributed by atoms with Crippen molar-refractivity contribution in [2.75, 3.05) is 13.2 Å². The first-order valence-electron chi connectivity index (χ1n) is 5.45. The first kappa shape index (κ1) is 12.1. The lowest BCUT2D eigenvalue weighted by atomic mass is 10.2. The van der Waals surface area contributed by atoms with Gasteiger partial charge in [-0.2, -0.15) is 0 Å². The number of pyridine rings is 1. The summed E-state index contributed by atoms with van der Waals surface area (Å²) in [6, 6.07) is 4.41. The van der Waals surface area contributed by atoms with E-state index >= 15 is 0 Å². The fraction of sp³-hybridized carbons (Fsp3) is 0.583. The van der Waals surface area contributed by atoms with E-state index in [-0.39, 0.29) is 0 Å². The van der Waals surface area contributed by atoms with E-state index in [0.717, 1.165) is 25.5 Å². The first-order valence-corrected chi connectivity index (χ1v) is 5.45. The third-order valence-electron chi connectivity index (χ3n) is 2.31. The van der Waals surface area contributed by atoms with Crippen LogP contribution in [0.5, 0.6) is 0 Å². The highest BCUT2D eigenvalue weighted by Gasteiger charge is 2.03. The van der Waals surface area contributed by atoms with E-state index in [1.54, 1.807) is 0 Å². The summed E-state index contributed by atoms with van der Waals surface area (Å²) >= 11 is 0. The summed E-state index contributed by atoms with van der Waals surface area (Å²) < 4.78 is 5.33. The molecule has 3 heteroatoms. The summed E-state index contributed by atoms with van der Waals surface area (Å²) in [5.41, 5.74) is 2.34. The van der Waals surface area contributed by atoms with Crippen LogP contribution in [-0.4, -0.2) is 24.2 Å². The van der Waals surface area contributed by atoms with Gasteiger partial charge in [0.15, 0.2) is 0 Å². The molecule has 1 N–H and O–H groups in total. The van der Waals surface area contributed by atoms with Gasteiger partial charge in [0.2, 0.25) is 0 Å². The number of ether oxygens (including phenoxy) is 1. The molecule has 0 aliphatic carbocycles. The van der Waals surface area contributed by atoms with Crippen LogP contribution < -0.4 is 5.32 Å². The second-order valence-electron chi connectivity index (χ2n) is 3.71. The van der Waals surface area contributed by atoms with Gasteiger partial charge in [0.25, 0.3) is 0 Å². The van der Waals surface area contributed by atoms with Crippen molar-refractivity contribution in [2.45, 2.75) is 33.4 Å². The molecule has 0 spiro atoms. The van der Waals surface area contributed by atoms with Gasteiger partial charge in [0.1, 0.15) is 0 Å². The maximum Gasteiger partial charge on any atom is 0.0616 e. The number of aryl methyl sites for hydroxylation is 1. The molecule has 1 aromatic heterocycles. The van der Waals surface area contributed by atoms with E-state index in [1.165, 1.54) is 5.56 Å². The zero-order chi connectivity index (χ0) is 11.1. The SMILES string of the molecule is CCOCC(C)NCc1ncccc1C. The third-order valence-corrected chi connectivity index (χ3v) is 2.31. The predicted molar refractivity (Wildman–Crippen MR) is 61.8 cm³/mol. The standard InChI is InChI=1S/C12H20N2O/c1-4-15-9-11(3)14-8-12-10(2)6-5-7-13-12/h5-7,11,14H,4,8-9H2,1-3H3. The average Bonchev–Trinajstić information content (AvgIpc) is 2.25. The number of hydrogen-bond acceptors (Lipinski definition) is 3. The zero-order valence-electron chi connectivity index (χ0n) is 9.79. The van der Waals surface area contributed by atoms with Gasteiger partial charge < -0.3 is 10.1 Å². The summed E-state index contributed by atoms with van der Waals surface area (Å²) in [6.07, 6.45) is 1.83. The van der Waals surface area contributed by atoms with Crippen molar-refractivity contribution in [2.24, 2.45) is 0 Å². The minimum Gasteiger partial charge on any atom is -0.380 e. The van der Waals surface area contributed by atoms with Gasteiger partial charge in [-0.25, -0.2) is 0 Å². The molecule has 1 aromatic rings. The van der Waals surface area contributed by atoms with Crippen molar-refractivity contribution >= 4 is 0 Å². The number of hydrogen-bond donors (Lipinski definition) is 1. The molecule has 1 unspecified atom stereocenters. The Labute approximate surface area is 91.9 Å². The molecule has 0 bridgehead atoms. The largest absolute Gasteiger partial charge is 0.380 e. The predicted octanol–water partition coefficient (Wildman–Crippen LogP) is 1.90. The molecular weight excluding hydrogens is 188 g/mol. The van der Waals surface area contributed by atoms with Crippen molar-refractivity contribution < 1.29 is 4.74 Å².